The second kappa shape index (κ2) is 8.41. The van der Waals surface area contributed by atoms with Crippen LogP contribution >= 0.6 is 0 Å². The minimum Gasteiger partial charge on any atom is -0.396 e. The van der Waals surface area contributed by atoms with Gasteiger partial charge in [-0.15, -0.1) is 0 Å². The van der Waals surface area contributed by atoms with Crippen LogP contribution in [0.5, 0.6) is 0 Å². The van der Waals surface area contributed by atoms with Crippen molar-refractivity contribution in [2.24, 2.45) is 0 Å². The van der Waals surface area contributed by atoms with E-state index in [1.807, 2.05) is 30.3 Å². The van der Waals surface area contributed by atoms with Crippen LogP contribution in [0, 0.1) is 0 Å². The molecule has 0 aromatic heterocycles. The first-order valence-corrected chi connectivity index (χ1v) is 5.24. The van der Waals surface area contributed by atoms with Gasteiger partial charge in [0, 0.05) is 13.2 Å². The fourth-order valence-electron chi connectivity index (χ4n) is 1.17. The minimum atomic E-state index is 0.230. The molecule has 0 aliphatic carbocycles. The molecule has 3 nitrogen and oxygen atoms in total. The van der Waals surface area contributed by atoms with Crippen molar-refractivity contribution in [3.8, 4) is 0 Å². The Hall–Kier alpha value is -0.900. The molecule has 0 heterocycles. The van der Waals surface area contributed by atoms with Gasteiger partial charge in [-0.25, -0.2) is 0 Å². The van der Waals surface area contributed by atoms with Crippen LogP contribution in [0.4, 0.5) is 0 Å². The molecule has 0 fully saturated rings. The largest absolute Gasteiger partial charge is 0.396 e. The molecule has 1 aromatic rings. The first-order chi connectivity index (χ1) is 7.43. The Morgan fingerprint density at radius 3 is 2.53 bits per heavy atom. The molecule has 0 saturated heterocycles. The average molecular weight is 210 g/mol. The molecule has 0 aliphatic heterocycles. The highest BCUT2D eigenvalue weighted by Crippen LogP contribution is 2.00. The van der Waals surface area contributed by atoms with E-state index >= 15 is 0 Å². The van der Waals surface area contributed by atoms with Gasteiger partial charge < -0.3 is 14.6 Å². The zero-order valence-electron chi connectivity index (χ0n) is 8.89. The molecule has 0 spiro atoms. The monoisotopic (exact) mass is 210 g/mol. The summed E-state index contributed by atoms with van der Waals surface area (Å²) in [4.78, 5) is 0. The quantitative estimate of drug-likeness (QED) is 0.526. The number of hydrogen-bond donors (Lipinski definition) is 1. The van der Waals surface area contributed by atoms with E-state index < -0.39 is 0 Å². The van der Waals surface area contributed by atoms with E-state index in [2.05, 4.69) is 0 Å². The van der Waals surface area contributed by atoms with E-state index in [1.165, 1.54) is 0 Å². The molecule has 0 atom stereocenters. The number of unbranched alkanes of at least 4 members (excludes halogenated alkanes) is 1. The van der Waals surface area contributed by atoms with Crippen LogP contribution in [0.1, 0.15) is 18.4 Å². The normalized spacial score (nSPS) is 10.5. The molecule has 0 saturated carbocycles. The maximum Gasteiger partial charge on any atom is 0.147 e. The van der Waals surface area contributed by atoms with E-state index in [4.69, 9.17) is 14.6 Å². The molecule has 15 heavy (non-hydrogen) atoms. The van der Waals surface area contributed by atoms with E-state index in [0.29, 0.717) is 20.0 Å². The topological polar surface area (TPSA) is 38.7 Å². The lowest BCUT2D eigenvalue weighted by Gasteiger charge is -2.05. The number of benzene rings is 1. The average Bonchev–Trinajstić information content (AvgIpc) is 2.29. The minimum absolute atomic E-state index is 0.230. The third-order valence-electron chi connectivity index (χ3n) is 1.98. The molecule has 0 aliphatic rings. The second-order valence-corrected chi connectivity index (χ2v) is 3.29. The van der Waals surface area contributed by atoms with E-state index in [1.54, 1.807) is 0 Å². The Bertz CT molecular complexity index is 236. The van der Waals surface area contributed by atoms with Gasteiger partial charge >= 0.3 is 0 Å². The van der Waals surface area contributed by atoms with Gasteiger partial charge in [0.2, 0.25) is 0 Å². The lowest BCUT2D eigenvalue weighted by atomic mass is 10.2. The highest BCUT2D eigenvalue weighted by Gasteiger charge is 1.92. The predicted octanol–water partition coefficient (Wildman–Crippen LogP) is 1.95. The lowest BCUT2D eigenvalue weighted by Crippen LogP contribution is -2.02. The maximum atomic E-state index is 8.53. The summed E-state index contributed by atoms with van der Waals surface area (Å²) in [6, 6.07) is 9.99. The Morgan fingerprint density at radius 1 is 1.00 bits per heavy atom. The van der Waals surface area contributed by atoms with Gasteiger partial charge in [0.1, 0.15) is 6.79 Å². The SMILES string of the molecule is OCCCCOCOCc1ccccc1. The molecule has 0 unspecified atom stereocenters. The molecule has 0 amide bonds. The van der Waals surface area contributed by atoms with E-state index in [9.17, 15) is 0 Å². The van der Waals surface area contributed by atoms with Crippen LogP contribution in [0.15, 0.2) is 30.3 Å². The maximum absolute atomic E-state index is 8.53. The van der Waals surface area contributed by atoms with Gasteiger partial charge in [0.25, 0.3) is 0 Å². The van der Waals surface area contributed by atoms with Crippen molar-refractivity contribution in [1.29, 1.82) is 0 Å². The number of ether oxygens (including phenoxy) is 2. The molecule has 3 heteroatoms. The standard InChI is InChI=1S/C12H18O3/c13-8-4-5-9-14-11-15-10-12-6-2-1-3-7-12/h1-3,6-7,13H,4-5,8-11H2. The van der Waals surface area contributed by atoms with Crippen molar-refractivity contribution in [2.75, 3.05) is 20.0 Å². The zero-order valence-corrected chi connectivity index (χ0v) is 8.89. The molecule has 1 rings (SSSR count). The van der Waals surface area contributed by atoms with Crippen LogP contribution in [-0.2, 0) is 16.1 Å². The molecule has 1 N–H and O–H groups in total. The van der Waals surface area contributed by atoms with E-state index in [0.717, 1.165) is 18.4 Å². The smallest absolute Gasteiger partial charge is 0.147 e. The van der Waals surface area contributed by atoms with Gasteiger partial charge in [-0.2, -0.15) is 0 Å². The second-order valence-electron chi connectivity index (χ2n) is 3.29. The molecular weight excluding hydrogens is 192 g/mol. The number of rotatable bonds is 8. The van der Waals surface area contributed by atoms with Crippen LogP contribution in [0.2, 0.25) is 0 Å². The van der Waals surface area contributed by atoms with Gasteiger partial charge in [0.05, 0.1) is 6.61 Å². The molecule has 0 bridgehead atoms. The van der Waals surface area contributed by atoms with Gasteiger partial charge in [-0.1, -0.05) is 30.3 Å². The van der Waals surface area contributed by atoms with Gasteiger partial charge in [-0.05, 0) is 18.4 Å². The predicted molar refractivity (Wildman–Crippen MR) is 58.4 cm³/mol. The molecule has 1 aromatic carbocycles. The van der Waals surface area contributed by atoms with Gasteiger partial charge in [0.15, 0.2) is 0 Å². The zero-order chi connectivity index (χ0) is 10.8. The number of aliphatic hydroxyl groups excluding tert-OH is 1. The third-order valence-corrected chi connectivity index (χ3v) is 1.98. The Kier molecular flexibility index (Phi) is 6.83. The van der Waals surface area contributed by atoms with E-state index in [-0.39, 0.29) is 6.61 Å². The Morgan fingerprint density at radius 2 is 1.80 bits per heavy atom. The number of hydrogen-bond acceptors (Lipinski definition) is 3. The molecule has 84 valence electrons. The highest BCUT2D eigenvalue weighted by molar-refractivity contribution is 5.13. The highest BCUT2D eigenvalue weighted by atomic mass is 16.7. The number of aliphatic hydroxyl groups is 1. The molecular formula is C12H18O3. The summed E-state index contributed by atoms with van der Waals surface area (Å²) in [5, 5.41) is 8.53. The summed E-state index contributed by atoms with van der Waals surface area (Å²) in [5.41, 5.74) is 1.15. The fourth-order valence-corrected chi connectivity index (χ4v) is 1.17. The first kappa shape index (κ1) is 12.2. The lowest BCUT2D eigenvalue weighted by molar-refractivity contribution is -0.0627. The summed E-state index contributed by atoms with van der Waals surface area (Å²) >= 11 is 0. The van der Waals surface area contributed by atoms with Crippen molar-refractivity contribution < 1.29 is 14.6 Å². The van der Waals surface area contributed by atoms with Crippen molar-refractivity contribution >= 4 is 0 Å². The summed E-state index contributed by atoms with van der Waals surface area (Å²) < 4.78 is 10.5. The summed E-state index contributed by atoms with van der Waals surface area (Å²) in [6.45, 7) is 1.78. The van der Waals surface area contributed by atoms with Crippen molar-refractivity contribution in [3.05, 3.63) is 35.9 Å². The third kappa shape index (κ3) is 6.23. The molecule has 0 radical (unpaired) electrons. The fraction of sp³-hybridized carbons (Fsp3) is 0.500. The Balaban J connectivity index is 1.93. The Labute approximate surface area is 90.6 Å². The van der Waals surface area contributed by atoms with Crippen LogP contribution in [0.3, 0.4) is 0 Å². The van der Waals surface area contributed by atoms with Crippen LogP contribution in [-0.4, -0.2) is 25.1 Å². The van der Waals surface area contributed by atoms with Crippen molar-refractivity contribution in [1.82, 2.24) is 0 Å². The summed E-state index contributed by atoms with van der Waals surface area (Å²) in [5.74, 6) is 0. The van der Waals surface area contributed by atoms with Crippen LogP contribution in [0.25, 0.3) is 0 Å². The van der Waals surface area contributed by atoms with Crippen LogP contribution < -0.4 is 0 Å². The van der Waals surface area contributed by atoms with Crippen molar-refractivity contribution in [2.45, 2.75) is 19.4 Å². The summed E-state index contributed by atoms with van der Waals surface area (Å²) in [7, 11) is 0. The first-order valence-electron chi connectivity index (χ1n) is 5.24. The summed E-state index contributed by atoms with van der Waals surface area (Å²) in [6.07, 6.45) is 1.67. The van der Waals surface area contributed by atoms with Gasteiger partial charge in [-0.3, -0.25) is 0 Å². The van der Waals surface area contributed by atoms with Crippen molar-refractivity contribution in [3.63, 3.8) is 0 Å².